The van der Waals surface area contributed by atoms with Crippen LogP contribution < -0.4 is 5.32 Å². The Bertz CT molecular complexity index is 452. The van der Waals surface area contributed by atoms with Gasteiger partial charge in [-0.2, -0.15) is 4.98 Å². The Kier molecular flexibility index (Phi) is 1.90. The van der Waals surface area contributed by atoms with Gasteiger partial charge in [-0.3, -0.25) is 10.1 Å². The molecule has 1 heterocycles. The molecule has 0 radical (unpaired) electrons. The molecule has 4 nitrogen and oxygen atoms in total. The van der Waals surface area contributed by atoms with E-state index < -0.39 is 0 Å². The van der Waals surface area contributed by atoms with Crippen LogP contribution in [-0.2, 0) is 4.79 Å². The summed E-state index contributed by atoms with van der Waals surface area (Å²) < 4.78 is 5.15. The zero-order valence-corrected chi connectivity index (χ0v) is 7.21. The second kappa shape index (κ2) is 3.06. The minimum atomic E-state index is 0.173. The molecule has 2 rings (SSSR count). The van der Waals surface area contributed by atoms with Gasteiger partial charge in [0.25, 0.3) is 0 Å². The highest BCUT2D eigenvalue weighted by Crippen LogP contribution is 2.21. The van der Waals surface area contributed by atoms with Crippen molar-refractivity contribution < 1.29 is 9.21 Å². The van der Waals surface area contributed by atoms with Crippen LogP contribution in [0.2, 0.25) is 5.02 Å². The molecule has 0 fully saturated rings. The van der Waals surface area contributed by atoms with E-state index in [2.05, 4.69) is 10.3 Å². The van der Waals surface area contributed by atoms with Crippen molar-refractivity contribution in [2.24, 2.45) is 0 Å². The number of hydrogen-bond acceptors (Lipinski definition) is 3. The molecule has 0 aliphatic carbocycles. The maximum absolute atomic E-state index is 10.1. The largest absolute Gasteiger partial charge is 0.423 e. The molecule has 1 aromatic heterocycles. The molecule has 0 unspecified atom stereocenters. The Morgan fingerprint density at radius 2 is 2.38 bits per heavy atom. The number of carbonyl (C=O) groups excluding carboxylic acids is 1. The number of aromatic nitrogens is 1. The third-order valence-electron chi connectivity index (χ3n) is 1.53. The zero-order valence-electron chi connectivity index (χ0n) is 6.45. The van der Waals surface area contributed by atoms with E-state index in [1.807, 2.05) is 0 Å². The second-order valence-corrected chi connectivity index (χ2v) is 2.83. The molecule has 66 valence electrons. The minimum Gasteiger partial charge on any atom is -0.423 e. The van der Waals surface area contributed by atoms with Crippen LogP contribution in [0.15, 0.2) is 22.6 Å². The van der Waals surface area contributed by atoms with E-state index in [0.29, 0.717) is 22.5 Å². The summed E-state index contributed by atoms with van der Waals surface area (Å²) >= 11 is 5.73. The van der Waals surface area contributed by atoms with E-state index in [9.17, 15) is 4.79 Å². The number of nitrogens with one attached hydrogen (secondary N) is 1. The third kappa shape index (κ3) is 1.48. The van der Waals surface area contributed by atoms with Crippen LogP contribution in [0.5, 0.6) is 0 Å². The Labute approximate surface area is 78.5 Å². The monoisotopic (exact) mass is 196 g/mol. The van der Waals surface area contributed by atoms with Gasteiger partial charge in [-0.1, -0.05) is 11.6 Å². The number of nitrogens with zero attached hydrogens (tertiary/aromatic N) is 1. The Morgan fingerprint density at radius 3 is 3.15 bits per heavy atom. The van der Waals surface area contributed by atoms with E-state index in [4.69, 9.17) is 16.0 Å². The highest BCUT2D eigenvalue weighted by atomic mass is 35.5. The molecule has 13 heavy (non-hydrogen) atoms. The van der Waals surface area contributed by atoms with Crippen molar-refractivity contribution in [2.75, 3.05) is 5.32 Å². The number of oxazole rings is 1. The van der Waals surface area contributed by atoms with Crippen LogP contribution in [-0.4, -0.2) is 11.4 Å². The Hall–Kier alpha value is -1.55. The molecule has 2 aromatic rings. The summed E-state index contributed by atoms with van der Waals surface area (Å²) in [6.07, 6.45) is 0.506. The van der Waals surface area contributed by atoms with Crippen LogP contribution in [0.1, 0.15) is 0 Å². The van der Waals surface area contributed by atoms with Gasteiger partial charge in [-0.05, 0) is 18.2 Å². The molecule has 0 aliphatic rings. The fourth-order valence-electron chi connectivity index (χ4n) is 1.01. The SMILES string of the molecule is O=CNc1nc2cc(Cl)ccc2o1. The van der Waals surface area contributed by atoms with Crippen molar-refractivity contribution >= 4 is 35.1 Å². The normalized spacial score (nSPS) is 10.2. The maximum Gasteiger partial charge on any atom is 0.302 e. The van der Waals surface area contributed by atoms with Crippen LogP contribution >= 0.6 is 11.6 Å². The molecular formula is C8H5ClN2O2. The Balaban J connectivity index is 2.55. The van der Waals surface area contributed by atoms with Gasteiger partial charge in [-0.15, -0.1) is 0 Å². The number of halogens is 1. The number of hydrogen-bond donors (Lipinski definition) is 1. The van der Waals surface area contributed by atoms with Crippen LogP contribution in [0.3, 0.4) is 0 Å². The summed E-state index contributed by atoms with van der Waals surface area (Å²) in [6, 6.07) is 5.23. The summed E-state index contributed by atoms with van der Waals surface area (Å²) in [6.45, 7) is 0. The lowest BCUT2D eigenvalue weighted by Gasteiger charge is -1.85. The predicted octanol–water partition coefficient (Wildman–Crippen LogP) is 2.05. The van der Waals surface area contributed by atoms with Gasteiger partial charge in [-0.25, -0.2) is 0 Å². The van der Waals surface area contributed by atoms with E-state index in [-0.39, 0.29) is 6.01 Å². The second-order valence-electron chi connectivity index (χ2n) is 2.39. The fourth-order valence-corrected chi connectivity index (χ4v) is 1.18. The summed E-state index contributed by atoms with van der Waals surface area (Å²) in [5.74, 6) is 0. The molecule has 0 bridgehead atoms. The van der Waals surface area contributed by atoms with Crippen molar-refractivity contribution in [3.05, 3.63) is 23.2 Å². The highest BCUT2D eigenvalue weighted by Gasteiger charge is 2.04. The van der Waals surface area contributed by atoms with E-state index in [1.165, 1.54) is 0 Å². The molecule has 0 saturated carbocycles. The lowest BCUT2D eigenvalue weighted by atomic mass is 10.3. The molecule has 1 amide bonds. The number of anilines is 1. The van der Waals surface area contributed by atoms with Gasteiger partial charge in [0.15, 0.2) is 5.58 Å². The zero-order chi connectivity index (χ0) is 9.26. The molecule has 0 spiro atoms. The summed E-state index contributed by atoms with van der Waals surface area (Å²) in [5.41, 5.74) is 1.21. The van der Waals surface area contributed by atoms with E-state index in [1.54, 1.807) is 18.2 Å². The quantitative estimate of drug-likeness (QED) is 0.748. The highest BCUT2D eigenvalue weighted by molar-refractivity contribution is 6.31. The maximum atomic E-state index is 10.1. The Morgan fingerprint density at radius 1 is 1.54 bits per heavy atom. The van der Waals surface area contributed by atoms with Crippen LogP contribution in [0.25, 0.3) is 11.1 Å². The van der Waals surface area contributed by atoms with Gasteiger partial charge in [0, 0.05) is 5.02 Å². The summed E-state index contributed by atoms with van der Waals surface area (Å²) in [7, 11) is 0. The molecule has 0 atom stereocenters. The van der Waals surface area contributed by atoms with Gasteiger partial charge in [0.05, 0.1) is 0 Å². The number of carbonyl (C=O) groups is 1. The lowest BCUT2D eigenvalue weighted by Crippen LogP contribution is -1.92. The molecule has 0 aliphatic heterocycles. The van der Waals surface area contributed by atoms with Crippen LogP contribution in [0, 0.1) is 0 Å². The van der Waals surface area contributed by atoms with Gasteiger partial charge in [0.1, 0.15) is 5.52 Å². The fraction of sp³-hybridized carbons (Fsp3) is 0. The van der Waals surface area contributed by atoms with Gasteiger partial charge in [0.2, 0.25) is 6.41 Å². The number of benzene rings is 1. The van der Waals surface area contributed by atoms with E-state index in [0.717, 1.165) is 0 Å². The van der Waals surface area contributed by atoms with Gasteiger partial charge >= 0.3 is 6.01 Å². The first-order valence-corrected chi connectivity index (χ1v) is 3.93. The first-order chi connectivity index (χ1) is 6.29. The molecule has 0 saturated heterocycles. The number of rotatable bonds is 2. The molecule has 1 N–H and O–H groups in total. The molecule has 5 heteroatoms. The van der Waals surface area contributed by atoms with Crippen molar-refractivity contribution in [3.8, 4) is 0 Å². The minimum absolute atomic E-state index is 0.173. The van der Waals surface area contributed by atoms with Crippen molar-refractivity contribution in [1.29, 1.82) is 0 Å². The third-order valence-corrected chi connectivity index (χ3v) is 1.77. The average Bonchev–Trinajstić information content (AvgIpc) is 2.46. The number of amides is 1. The predicted molar refractivity (Wildman–Crippen MR) is 48.7 cm³/mol. The number of fused-ring (bicyclic) bond motifs is 1. The lowest BCUT2D eigenvalue weighted by molar-refractivity contribution is -0.105. The first-order valence-electron chi connectivity index (χ1n) is 3.56. The van der Waals surface area contributed by atoms with Crippen molar-refractivity contribution in [3.63, 3.8) is 0 Å². The van der Waals surface area contributed by atoms with Gasteiger partial charge < -0.3 is 4.42 Å². The first kappa shape index (κ1) is 8.07. The molecular weight excluding hydrogens is 192 g/mol. The molecule has 1 aromatic carbocycles. The smallest absolute Gasteiger partial charge is 0.302 e. The van der Waals surface area contributed by atoms with E-state index >= 15 is 0 Å². The van der Waals surface area contributed by atoms with Crippen LogP contribution in [0.4, 0.5) is 6.01 Å². The van der Waals surface area contributed by atoms with Crippen molar-refractivity contribution in [2.45, 2.75) is 0 Å². The average molecular weight is 197 g/mol. The standard InChI is InChI=1S/C8H5ClN2O2/c9-5-1-2-7-6(3-5)11-8(13-7)10-4-12/h1-4H,(H,10,11,12). The summed E-state index contributed by atoms with van der Waals surface area (Å²) in [5, 5.41) is 2.90. The summed E-state index contributed by atoms with van der Waals surface area (Å²) in [4.78, 5) is 14.1. The van der Waals surface area contributed by atoms with Crippen molar-refractivity contribution in [1.82, 2.24) is 4.98 Å². The topological polar surface area (TPSA) is 55.1 Å².